The molecule has 1 fully saturated rings. The van der Waals surface area contributed by atoms with Crippen LogP contribution in [0.1, 0.15) is 55.3 Å². The topological polar surface area (TPSA) is 75.7 Å². The molecule has 2 atom stereocenters. The molecule has 11 heteroatoms. The highest BCUT2D eigenvalue weighted by molar-refractivity contribution is 7.88. The largest absolute Gasteiger partial charge is 0.438 e. The van der Waals surface area contributed by atoms with Gasteiger partial charge in [-0.25, -0.2) is 22.3 Å². The number of nitrogens with one attached hydrogen (secondary N) is 1. The highest BCUT2D eigenvalue weighted by Crippen LogP contribution is 2.41. The number of halogens is 4. The number of nitrogens with zero attached hydrogens (tertiary/aromatic N) is 1. The summed E-state index contributed by atoms with van der Waals surface area (Å²) in [5.41, 5.74) is -0.622. The van der Waals surface area contributed by atoms with Gasteiger partial charge in [-0.3, -0.25) is 0 Å². The van der Waals surface area contributed by atoms with Crippen LogP contribution in [0.25, 0.3) is 0 Å². The van der Waals surface area contributed by atoms with E-state index in [-0.39, 0.29) is 13.1 Å². The summed E-state index contributed by atoms with van der Waals surface area (Å²) < 4.78 is 83.0. The lowest BCUT2D eigenvalue weighted by atomic mass is 9.84. The highest BCUT2D eigenvalue weighted by Gasteiger charge is 2.43. The van der Waals surface area contributed by atoms with Crippen molar-refractivity contribution in [2.45, 2.75) is 50.4 Å². The van der Waals surface area contributed by atoms with Crippen molar-refractivity contribution in [2.75, 3.05) is 19.3 Å². The first kappa shape index (κ1) is 26.9. The van der Waals surface area contributed by atoms with Crippen LogP contribution < -0.4 is 4.72 Å². The van der Waals surface area contributed by atoms with E-state index in [4.69, 9.17) is 4.74 Å². The first-order valence-electron chi connectivity index (χ1n) is 11.2. The zero-order valence-electron chi connectivity index (χ0n) is 19.4. The summed E-state index contributed by atoms with van der Waals surface area (Å²) in [7, 11) is -3.31. The van der Waals surface area contributed by atoms with E-state index in [0.29, 0.717) is 36.8 Å². The van der Waals surface area contributed by atoms with E-state index < -0.39 is 45.3 Å². The van der Waals surface area contributed by atoms with Crippen molar-refractivity contribution in [3.63, 3.8) is 0 Å². The van der Waals surface area contributed by atoms with Gasteiger partial charge in [0.2, 0.25) is 10.0 Å². The van der Waals surface area contributed by atoms with Gasteiger partial charge in [-0.15, -0.1) is 0 Å². The molecular weight excluding hydrogens is 488 g/mol. The van der Waals surface area contributed by atoms with Gasteiger partial charge in [-0.2, -0.15) is 13.2 Å². The molecule has 0 aliphatic carbocycles. The second kappa shape index (κ2) is 10.5. The van der Waals surface area contributed by atoms with E-state index in [1.807, 2.05) is 0 Å². The molecule has 0 unspecified atom stereocenters. The van der Waals surface area contributed by atoms with Gasteiger partial charge in [0, 0.05) is 19.5 Å². The van der Waals surface area contributed by atoms with E-state index >= 15 is 0 Å². The fourth-order valence-electron chi connectivity index (χ4n) is 4.22. The number of amides is 1. The number of carbonyl (C=O) groups is 1. The maximum Gasteiger partial charge on any atom is 0.416 e. The second-order valence-electron chi connectivity index (χ2n) is 8.73. The fraction of sp³-hybridized carbons (Fsp3) is 0.458. The number of sulfonamides is 1. The highest BCUT2D eigenvalue weighted by atomic mass is 32.2. The van der Waals surface area contributed by atoms with Gasteiger partial charge in [-0.1, -0.05) is 24.3 Å². The summed E-state index contributed by atoms with van der Waals surface area (Å²) in [6.45, 7) is 2.23. The van der Waals surface area contributed by atoms with Crippen LogP contribution in [0.3, 0.4) is 0 Å². The lowest BCUT2D eigenvalue weighted by Crippen LogP contribution is -2.48. The van der Waals surface area contributed by atoms with Gasteiger partial charge in [0.15, 0.2) is 0 Å². The molecule has 192 valence electrons. The van der Waals surface area contributed by atoms with Gasteiger partial charge < -0.3 is 9.64 Å². The zero-order chi connectivity index (χ0) is 25.9. The predicted octanol–water partition coefficient (Wildman–Crippen LogP) is 5.36. The molecule has 1 N–H and O–H groups in total. The lowest BCUT2D eigenvalue weighted by Gasteiger charge is -2.43. The minimum Gasteiger partial charge on any atom is -0.438 e. The fourth-order valence-corrected chi connectivity index (χ4v) is 4.74. The minimum absolute atomic E-state index is 0.239. The summed E-state index contributed by atoms with van der Waals surface area (Å²) >= 11 is 0. The molecule has 3 rings (SSSR count). The molecule has 2 aromatic carbocycles. The maximum atomic E-state index is 13.5. The average Bonchev–Trinajstić information content (AvgIpc) is 2.78. The third-order valence-corrected chi connectivity index (χ3v) is 6.93. The summed E-state index contributed by atoms with van der Waals surface area (Å²) in [5.74, 6) is -0.430. The molecule has 1 aliphatic rings. The molecule has 0 spiro atoms. The molecule has 0 bridgehead atoms. The van der Waals surface area contributed by atoms with Crippen molar-refractivity contribution >= 4 is 16.1 Å². The molecule has 1 heterocycles. The number of cyclic esters (lactones) is 1. The quantitative estimate of drug-likeness (QED) is 0.360. The van der Waals surface area contributed by atoms with E-state index in [2.05, 4.69) is 4.72 Å². The van der Waals surface area contributed by atoms with E-state index in [0.717, 1.165) is 18.4 Å². The monoisotopic (exact) mass is 516 g/mol. The normalized spacial score (nSPS) is 19.9. The average molecular weight is 517 g/mol. The van der Waals surface area contributed by atoms with Crippen molar-refractivity contribution in [3.8, 4) is 0 Å². The molecule has 2 aromatic rings. The SMILES string of the molecule is C[C@@H](c1ccc(C(F)(F)F)cc1)N1CC[C@](CCCCNS(C)(=O)=O)(c2ccc(F)cc2)OC1=O. The van der Waals surface area contributed by atoms with Gasteiger partial charge in [0.1, 0.15) is 11.4 Å². The number of hydrogen-bond acceptors (Lipinski definition) is 4. The maximum absolute atomic E-state index is 13.5. The molecule has 35 heavy (non-hydrogen) atoms. The van der Waals surface area contributed by atoms with E-state index in [1.54, 1.807) is 19.1 Å². The molecule has 1 saturated heterocycles. The molecule has 6 nitrogen and oxygen atoms in total. The zero-order valence-corrected chi connectivity index (χ0v) is 20.3. The Balaban J connectivity index is 1.74. The number of alkyl halides is 3. The third-order valence-electron chi connectivity index (χ3n) is 6.20. The Morgan fingerprint density at radius 1 is 1.09 bits per heavy atom. The first-order valence-corrected chi connectivity index (χ1v) is 13.1. The van der Waals surface area contributed by atoms with Crippen molar-refractivity contribution in [3.05, 3.63) is 71.0 Å². The van der Waals surface area contributed by atoms with Gasteiger partial charge in [0.25, 0.3) is 0 Å². The number of hydrogen-bond donors (Lipinski definition) is 1. The second-order valence-corrected chi connectivity index (χ2v) is 10.6. The van der Waals surface area contributed by atoms with Crippen molar-refractivity contribution in [1.82, 2.24) is 9.62 Å². The molecule has 0 saturated carbocycles. The molecule has 0 aromatic heterocycles. The summed E-state index contributed by atoms with van der Waals surface area (Å²) in [6.07, 6.45) is -2.16. The van der Waals surface area contributed by atoms with Crippen molar-refractivity contribution < 1.29 is 35.5 Å². The Labute approximate surface area is 202 Å². The minimum atomic E-state index is -4.45. The Morgan fingerprint density at radius 2 is 1.71 bits per heavy atom. The smallest absolute Gasteiger partial charge is 0.416 e. The predicted molar refractivity (Wildman–Crippen MR) is 122 cm³/mol. The standard InChI is InChI=1S/C24H28F4N2O4S/c1-17(18-5-7-20(8-6-18)24(26,27)28)30-16-14-23(34-22(30)31,19-9-11-21(25)12-10-19)13-3-4-15-29-35(2,32)33/h5-12,17,29H,3-4,13-16H2,1-2H3/t17-,23+/m0/s1. The van der Waals surface area contributed by atoms with Crippen LogP contribution in [0.5, 0.6) is 0 Å². The molecule has 1 amide bonds. The number of benzene rings is 2. The molecular formula is C24H28F4N2O4S. The van der Waals surface area contributed by atoms with Gasteiger partial charge >= 0.3 is 12.3 Å². The molecule has 0 radical (unpaired) electrons. The Bertz CT molecular complexity index is 1120. The van der Waals surface area contributed by atoms with Crippen LogP contribution in [0.15, 0.2) is 48.5 Å². The Morgan fingerprint density at radius 3 is 2.26 bits per heavy atom. The number of ether oxygens (including phenoxy) is 1. The first-order chi connectivity index (χ1) is 16.3. The van der Waals surface area contributed by atoms with Crippen LogP contribution >= 0.6 is 0 Å². The van der Waals surface area contributed by atoms with Crippen LogP contribution in [0.2, 0.25) is 0 Å². The number of rotatable bonds is 9. The third kappa shape index (κ3) is 6.94. The van der Waals surface area contributed by atoms with Crippen LogP contribution in [0, 0.1) is 5.82 Å². The summed E-state index contributed by atoms with van der Waals surface area (Å²) in [4.78, 5) is 14.5. The Hall–Kier alpha value is -2.66. The van der Waals surface area contributed by atoms with Crippen LogP contribution in [0.4, 0.5) is 22.4 Å². The number of carbonyl (C=O) groups excluding carboxylic acids is 1. The number of unbranched alkanes of at least 4 members (excludes halogenated alkanes) is 1. The van der Waals surface area contributed by atoms with Crippen molar-refractivity contribution in [1.29, 1.82) is 0 Å². The van der Waals surface area contributed by atoms with E-state index in [9.17, 15) is 30.8 Å². The van der Waals surface area contributed by atoms with Crippen LogP contribution in [-0.2, 0) is 26.5 Å². The van der Waals surface area contributed by atoms with Crippen molar-refractivity contribution in [2.24, 2.45) is 0 Å². The van der Waals surface area contributed by atoms with Gasteiger partial charge in [-0.05, 0) is 61.6 Å². The Kier molecular flexibility index (Phi) is 8.10. The summed E-state index contributed by atoms with van der Waals surface area (Å²) in [6, 6.07) is 9.83. The summed E-state index contributed by atoms with van der Waals surface area (Å²) in [5, 5.41) is 0. The lowest BCUT2D eigenvalue weighted by molar-refractivity contribution is -0.137. The van der Waals surface area contributed by atoms with E-state index in [1.165, 1.54) is 29.2 Å². The van der Waals surface area contributed by atoms with Gasteiger partial charge in [0.05, 0.1) is 17.9 Å². The van der Waals surface area contributed by atoms with Crippen LogP contribution in [-0.4, -0.2) is 38.8 Å². The molecule has 1 aliphatic heterocycles.